The van der Waals surface area contributed by atoms with Crippen LogP contribution in [0.3, 0.4) is 0 Å². The summed E-state index contributed by atoms with van der Waals surface area (Å²) in [5.74, 6) is 0.0401. The molecule has 1 saturated heterocycles. The predicted molar refractivity (Wildman–Crippen MR) is 57.9 cm³/mol. The first-order valence-corrected chi connectivity index (χ1v) is 5.15. The Hall–Kier alpha value is -1.26. The second kappa shape index (κ2) is 4.08. The predicted octanol–water partition coefficient (Wildman–Crippen LogP) is 1.32. The first-order chi connectivity index (χ1) is 6.81. The molecule has 1 rings (SSSR count). The maximum absolute atomic E-state index is 11.7. The minimum absolute atomic E-state index is 0.0401. The van der Waals surface area contributed by atoms with Crippen LogP contribution in [-0.4, -0.2) is 35.0 Å². The largest absolute Gasteiger partial charge is 0.444 e. The van der Waals surface area contributed by atoms with Gasteiger partial charge in [-0.1, -0.05) is 0 Å². The monoisotopic (exact) mass is 213 g/mol. The summed E-state index contributed by atoms with van der Waals surface area (Å²) in [5.41, 5.74) is 4.92. The Balaban J connectivity index is 2.63. The Morgan fingerprint density at radius 3 is 2.60 bits per heavy atom. The summed E-state index contributed by atoms with van der Waals surface area (Å²) in [6.07, 6.45) is 1.26. The van der Waals surface area contributed by atoms with Crippen LogP contribution in [0.2, 0.25) is 0 Å². The number of nitrogens with two attached hydrogens (primary N) is 1. The summed E-state index contributed by atoms with van der Waals surface area (Å²) in [4.78, 5) is 13.3. The van der Waals surface area contributed by atoms with E-state index in [-0.39, 0.29) is 18.0 Å². The van der Waals surface area contributed by atoms with Crippen LogP contribution >= 0.6 is 0 Å². The van der Waals surface area contributed by atoms with Crippen LogP contribution in [0.1, 0.15) is 33.6 Å². The molecular formula is C10H19N3O2. The number of amidine groups is 1. The van der Waals surface area contributed by atoms with Crippen LogP contribution in [0.15, 0.2) is 0 Å². The van der Waals surface area contributed by atoms with Crippen molar-refractivity contribution in [2.75, 3.05) is 6.54 Å². The van der Waals surface area contributed by atoms with Crippen molar-refractivity contribution in [1.82, 2.24) is 4.90 Å². The number of rotatable bonds is 1. The van der Waals surface area contributed by atoms with Crippen LogP contribution in [0.5, 0.6) is 0 Å². The average molecular weight is 213 g/mol. The zero-order valence-electron chi connectivity index (χ0n) is 9.54. The van der Waals surface area contributed by atoms with Gasteiger partial charge in [0.2, 0.25) is 0 Å². The van der Waals surface area contributed by atoms with Gasteiger partial charge in [0.15, 0.2) is 0 Å². The summed E-state index contributed by atoms with van der Waals surface area (Å²) in [7, 11) is 0. The van der Waals surface area contributed by atoms with E-state index < -0.39 is 5.60 Å². The molecule has 0 aromatic rings. The third kappa shape index (κ3) is 3.11. The quantitative estimate of drug-likeness (QED) is 0.509. The van der Waals surface area contributed by atoms with E-state index in [0.717, 1.165) is 12.8 Å². The lowest BCUT2D eigenvalue weighted by Crippen LogP contribution is -2.45. The molecule has 0 aromatic carbocycles. The van der Waals surface area contributed by atoms with E-state index in [9.17, 15) is 4.79 Å². The van der Waals surface area contributed by atoms with E-state index in [0.29, 0.717) is 6.54 Å². The number of nitrogens with one attached hydrogen (secondary N) is 1. The highest BCUT2D eigenvalue weighted by atomic mass is 16.6. The highest BCUT2D eigenvalue weighted by Crippen LogP contribution is 2.20. The summed E-state index contributed by atoms with van der Waals surface area (Å²) >= 11 is 0. The first-order valence-electron chi connectivity index (χ1n) is 5.15. The highest BCUT2D eigenvalue weighted by molar-refractivity contribution is 5.87. The van der Waals surface area contributed by atoms with Crippen molar-refractivity contribution in [1.29, 1.82) is 5.41 Å². The molecule has 1 aliphatic rings. The summed E-state index contributed by atoms with van der Waals surface area (Å²) in [6, 6.07) is -0.278. The Labute approximate surface area is 90.1 Å². The lowest BCUT2D eigenvalue weighted by molar-refractivity contribution is 0.0265. The van der Waals surface area contributed by atoms with Crippen molar-refractivity contribution in [3.8, 4) is 0 Å². The lowest BCUT2D eigenvalue weighted by Gasteiger charge is -2.27. The van der Waals surface area contributed by atoms with Gasteiger partial charge in [-0.2, -0.15) is 0 Å². The van der Waals surface area contributed by atoms with Gasteiger partial charge in [0.25, 0.3) is 0 Å². The smallest absolute Gasteiger partial charge is 0.410 e. The molecule has 5 heteroatoms. The minimum atomic E-state index is -0.499. The SMILES string of the molecule is CC(C)(C)OC(=O)N1CCC[C@H]1C(=N)N. The number of nitrogens with zero attached hydrogens (tertiary/aromatic N) is 1. The topological polar surface area (TPSA) is 79.4 Å². The van der Waals surface area contributed by atoms with E-state index in [1.807, 2.05) is 20.8 Å². The molecule has 0 radical (unpaired) electrons. The minimum Gasteiger partial charge on any atom is -0.444 e. The third-order valence-electron chi connectivity index (χ3n) is 2.24. The molecule has 3 N–H and O–H groups in total. The first kappa shape index (κ1) is 11.8. The molecular weight excluding hydrogens is 194 g/mol. The maximum atomic E-state index is 11.7. The molecule has 0 bridgehead atoms. The molecule has 0 spiro atoms. The van der Waals surface area contributed by atoms with Gasteiger partial charge in [0, 0.05) is 6.54 Å². The maximum Gasteiger partial charge on any atom is 0.410 e. The third-order valence-corrected chi connectivity index (χ3v) is 2.24. The van der Waals surface area contributed by atoms with Crippen molar-refractivity contribution >= 4 is 11.9 Å². The highest BCUT2D eigenvalue weighted by Gasteiger charge is 2.33. The van der Waals surface area contributed by atoms with Gasteiger partial charge >= 0.3 is 6.09 Å². The Kier molecular flexibility index (Phi) is 3.21. The van der Waals surface area contributed by atoms with E-state index in [4.69, 9.17) is 15.9 Å². The molecule has 0 saturated carbocycles. The number of hydrogen-bond acceptors (Lipinski definition) is 3. The fourth-order valence-corrected chi connectivity index (χ4v) is 1.63. The molecule has 86 valence electrons. The van der Waals surface area contributed by atoms with Crippen molar-refractivity contribution in [3.05, 3.63) is 0 Å². The van der Waals surface area contributed by atoms with Gasteiger partial charge in [-0.15, -0.1) is 0 Å². The number of amides is 1. The van der Waals surface area contributed by atoms with Gasteiger partial charge in [-0.3, -0.25) is 10.3 Å². The van der Waals surface area contributed by atoms with Gasteiger partial charge in [0.1, 0.15) is 11.4 Å². The Morgan fingerprint density at radius 1 is 1.53 bits per heavy atom. The molecule has 1 heterocycles. The second-order valence-corrected chi connectivity index (χ2v) is 4.79. The van der Waals surface area contributed by atoms with E-state index >= 15 is 0 Å². The van der Waals surface area contributed by atoms with Crippen LogP contribution in [0, 0.1) is 5.41 Å². The molecule has 15 heavy (non-hydrogen) atoms. The molecule has 0 unspecified atom stereocenters. The summed E-state index contributed by atoms with van der Waals surface area (Å²) in [5, 5.41) is 7.37. The van der Waals surface area contributed by atoms with Crippen molar-refractivity contribution in [3.63, 3.8) is 0 Å². The molecule has 1 fully saturated rings. The molecule has 5 nitrogen and oxygen atoms in total. The summed E-state index contributed by atoms with van der Waals surface area (Å²) < 4.78 is 5.24. The van der Waals surface area contributed by atoms with E-state index in [1.165, 1.54) is 4.90 Å². The standard InChI is InChI=1S/C10H19N3O2/c1-10(2,3)15-9(14)13-6-4-5-7(13)8(11)12/h7H,4-6H2,1-3H3,(H3,11,12)/t7-/m0/s1. The van der Waals surface area contributed by atoms with Gasteiger partial charge < -0.3 is 10.5 Å². The van der Waals surface area contributed by atoms with Crippen molar-refractivity contribution < 1.29 is 9.53 Å². The zero-order valence-corrected chi connectivity index (χ0v) is 9.54. The van der Waals surface area contributed by atoms with E-state index in [1.54, 1.807) is 0 Å². The number of ether oxygens (including phenoxy) is 1. The fourth-order valence-electron chi connectivity index (χ4n) is 1.63. The number of likely N-dealkylation sites (tertiary alicyclic amines) is 1. The van der Waals surface area contributed by atoms with Crippen LogP contribution < -0.4 is 5.73 Å². The van der Waals surface area contributed by atoms with E-state index in [2.05, 4.69) is 0 Å². The number of carbonyl (C=O) groups is 1. The molecule has 1 amide bonds. The van der Waals surface area contributed by atoms with Crippen LogP contribution in [0.25, 0.3) is 0 Å². The normalized spacial score (nSPS) is 21.5. The average Bonchev–Trinajstić information content (AvgIpc) is 2.47. The van der Waals surface area contributed by atoms with Gasteiger partial charge in [-0.25, -0.2) is 4.79 Å². The van der Waals surface area contributed by atoms with Crippen molar-refractivity contribution in [2.45, 2.75) is 45.3 Å². The zero-order chi connectivity index (χ0) is 11.6. The number of carbonyl (C=O) groups excluding carboxylic acids is 1. The van der Waals surface area contributed by atoms with Gasteiger partial charge in [0.05, 0.1) is 6.04 Å². The summed E-state index contributed by atoms with van der Waals surface area (Å²) in [6.45, 7) is 6.09. The number of hydrogen-bond donors (Lipinski definition) is 2. The molecule has 0 aliphatic carbocycles. The fraction of sp³-hybridized carbons (Fsp3) is 0.800. The van der Waals surface area contributed by atoms with Crippen LogP contribution in [-0.2, 0) is 4.74 Å². The second-order valence-electron chi connectivity index (χ2n) is 4.79. The van der Waals surface area contributed by atoms with Crippen molar-refractivity contribution in [2.24, 2.45) is 5.73 Å². The molecule has 1 atom stereocenters. The van der Waals surface area contributed by atoms with Gasteiger partial charge in [-0.05, 0) is 33.6 Å². The Bertz CT molecular complexity index is 270. The van der Waals surface area contributed by atoms with Crippen LogP contribution in [0.4, 0.5) is 4.79 Å². The lowest BCUT2D eigenvalue weighted by atomic mass is 10.2. The molecule has 1 aliphatic heterocycles. The molecule has 0 aromatic heterocycles. The Morgan fingerprint density at radius 2 is 2.13 bits per heavy atom.